The van der Waals surface area contributed by atoms with E-state index in [0.29, 0.717) is 17.5 Å². The molecule has 6 nitrogen and oxygen atoms in total. The van der Waals surface area contributed by atoms with Crippen LogP contribution in [0.2, 0.25) is 0 Å². The number of hydrogen-bond acceptors (Lipinski definition) is 5. The van der Waals surface area contributed by atoms with E-state index in [1.54, 1.807) is 0 Å². The highest BCUT2D eigenvalue weighted by Gasteiger charge is 2.23. The molecule has 0 saturated carbocycles. The van der Waals surface area contributed by atoms with Gasteiger partial charge in [-0.3, -0.25) is 0 Å². The first kappa shape index (κ1) is 35.2. The summed E-state index contributed by atoms with van der Waals surface area (Å²) in [5.74, 6) is 1.64. The van der Waals surface area contributed by atoms with E-state index < -0.39 is 0 Å². The van der Waals surface area contributed by atoms with E-state index in [-0.39, 0.29) is 0 Å². The standard InChI is InChI=1S/C57H34N4O2/c1-2-13-35(14-3-1)36-27-29-37(30-28-36)38-31-33-39(34-32-38)61-47-22-7-4-16-42(47)52-44(19-11-23-48(52)61)55-58-56(45-20-12-26-51-53(45)43-17-6-9-25-50(43)62-51)60-57(59-55)46-21-10-18-41-40-15-5-8-24-49(40)63-54(41)46/h1-34H. The molecule has 0 aliphatic heterocycles. The highest BCUT2D eigenvalue weighted by atomic mass is 16.3. The minimum absolute atomic E-state index is 0.526. The summed E-state index contributed by atoms with van der Waals surface area (Å²) in [6.07, 6.45) is 0. The predicted molar refractivity (Wildman–Crippen MR) is 256 cm³/mol. The lowest BCUT2D eigenvalue weighted by atomic mass is 10.0. The summed E-state index contributed by atoms with van der Waals surface area (Å²) in [6, 6.07) is 71.6. The zero-order valence-electron chi connectivity index (χ0n) is 33.7. The maximum Gasteiger partial charge on any atom is 0.167 e. The van der Waals surface area contributed by atoms with Crippen LogP contribution in [0.25, 0.3) is 128 Å². The van der Waals surface area contributed by atoms with Crippen LogP contribution in [0.15, 0.2) is 215 Å². The number of fused-ring (bicyclic) bond motifs is 9. The van der Waals surface area contributed by atoms with Crippen molar-refractivity contribution in [2.45, 2.75) is 0 Å². The quantitative estimate of drug-likeness (QED) is 0.167. The minimum Gasteiger partial charge on any atom is -0.456 e. The van der Waals surface area contributed by atoms with Gasteiger partial charge in [0.1, 0.15) is 22.3 Å². The van der Waals surface area contributed by atoms with Gasteiger partial charge in [-0.25, -0.2) is 15.0 Å². The fourth-order valence-corrected chi connectivity index (χ4v) is 9.39. The first-order valence-electron chi connectivity index (χ1n) is 21.1. The van der Waals surface area contributed by atoms with E-state index in [0.717, 1.165) is 93.6 Å². The Morgan fingerprint density at radius 1 is 0.302 bits per heavy atom. The third kappa shape index (κ3) is 5.62. The van der Waals surface area contributed by atoms with E-state index in [1.165, 1.54) is 16.7 Å². The average Bonchev–Trinajstić information content (AvgIpc) is 4.04. The number of furan rings is 2. The fraction of sp³-hybridized carbons (Fsp3) is 0. The number of para-hydroxylation sites is 4. The monoisotopic (exact) mass is 806 g/mol. The normalized spacial score (nSPS) is 11.8. The maximum absolute atomic E-state index is 6.57. The van der Waals surface area contributed by atoms with Crippen molar-refractivity contribution in [2.24, 2.45) is 0 Å². The van der Waals surface area contributed by atoms with Crippen molar-refractivity contribution in [1.82, 2.24) is 19.5 Å². The van der Waals surface area contributed by atoms with Crippen LogP contribution in [0.3, 0.4) is 0 Å². The van der Waals surface area contributed by atoms with Crippen molar-refractivity contribution in [3.05, 3.63) is 206 Å². The molecule has 6 heteroatoms. The number of nitrogens with zero attached hydrogens (tertiary/aromatic N) is 4. The van der Waals surface area contributed by atoms with E-state index in [4.69, 9.17) is 23.8 Å². The van der Waals surface area contributed by atoms with Crippen molar-refractivity contribution >= 4 is 65.7 Å². The molecule has 4 aromatic heterocycles. The summed E-state index contributed by atoms with van der Waals surface area (Å²) in [5, 5.41) is 6.19. The Bertz CT molecular complexity index is 3900. The molecule has 294 valence electrons. The Labute approximate surface area is 361 Å². The molecule has 0 radical (unpaired) electrons. The summed E-state index contributed by atoms with van der Waals surface area (Å²) >= 11 is 0. The van der Waals surface area contributed by atoms with E-state index in [9.17, 15) is 0 Å². The Kier molecular flexibility index (Phi) is 7.80. The van der Waals surface area contributed by atoms with Crippen LogP contribution in [0.5, 0.6) is 0 Å². The SMILES string of the molecule is c1ccc(-c2ccc(-c3ccc(-n4c5ccccc5c5c(-c6nc(-c7cccc8c7oc7ccccc78)nc(-c7cccc8oc9ccccc9c78)n6)cccc54)cc3)cc2)cc1. The molecule has 9 aromatic carbocycles. The summed E-state index contributed by atoms with van der Waals surface area (Å²) < 4.78 is 15.3. The van der Waals surface area contributed by atoms with Crippen molar-refractivity contribution in [2.75, 3.05) is 0 Å². The molecular formula is C57H34N4O2. The number of benzene rings is 9. The fourth-order valence-electron chi connectivity index (χ4n) is 9.39. The number of rotatable bonds is 6. The molecule has 0 aliphatic rings. The Morgan fingerprint density at radius 3 is 1.51 bits per heavy atom. The number of hydrogen-bond donors (Lipinski definition) is 0. The van der Waals surface area contributed by atoms with E-state index in [2.05, 4.69) is 144 Å². The van der Waals surface area contributed by atoms with Gasteiger partial charge in [-0.1, -0.05) is 158 Å². The van der Waals surface area contributed by atoms with Crippen molar-refractivity contribution in [3.63, 3.8) is 0 Å². The Hall–Kier alpha value is -8.61. The van der Waals surface area contributed by atoms with Crippen LogP contribution in [0.4, 0.5) is 0 Å². The van der Waals surface area contributed by atoms with E-state index in [1.807, 2.05) is 66.7 Å². The van der Waals surface area contributed by atoms with Gasteiger partial charge in [0.15, 0.2) is 17.5 Å². The Morgan fingerprint density at radius 2 is 0.778 bits per heavy atom. The largest absolute Gasteiger partial charge is 0.456 e. The van der Waals surface area contributed by atoms with Gasteiger partial charge >= 0.3 is 0 Å². The molecule has 0 amide bonds. The van der Waals surface area contributed by atoms with Crippen LogP contribution < -0.4 is 0 Å². The van der Waals surface area contributed by atoms with Gasteiger partial charge in [-0.2, -0.15) is 0 Å². The van der Waals surface area contributed by atoms with Gasteiger partial charge in [0, 0.05) is 49.1 Å². The molecule has 4 heterocycles. The lowest BCUT2D eigenvalue weighted by Crippen LogP contribution is -2.01. The third-order valence-corrected chi connectivity index (χ3v) is 12.3. The highest BCUT2D eigenvalue weighted by Crippen LogP contribution is 2.42. The smallest absolute Gasteiger partial charge is 0.167 e. The van der Waals surface area contributed by atoms with Crippen LogP contribution in [0.1, 0.15) is 0 Å². The highest BCUT2D eigenvalue weighted by molar-refractivity contribution is 6.16. The van der Waals surface area contributed by atoms with Gasteiger partial charge in [-0.15, -0.1) is 0 Å². The lowest BCUT2D eigenvalue weighted by molar-refractivity contribution is 0.668. The predicted octanol–water partition coefficient (Wildman–Crippen LogP) is 15.1. The molecule has 0 unspecified atom stereocenters. The van der Waals surface area contributed by atoms with Gasteiger partial charge in [0.2, 0.25) is 0 Å². The van der Waals surface area contributed by atoms with Crippen LogP contribution >= 0.6 is 0 Å². The zero-order chi connectivity index (χ0) is 41.4. The zero-order valence-corrected chi connectivity index (χ0v) is 33.7. The molecule has 0 spiro atoms. The van der Waals surface area contributed by atoms with Crippen molar-refractivity contribution in [3.8, 4) is 62.1 Å². The van der Waals surface area contributed by atoms with Gasteiger partial charge < -0.3 is 13.4 Å². The number of aromatic nitrogens is 4. The summed E-state index contributed by atoms with van der Waals surface area (Å²) in [5.41, 5.74) is 13.7. The second-order valence-corrected chi connectivity index (χ2v) is 15.9. The van der Waals surface area contributed by atoms with Crippen molar-refractivity contribution in [1.29, 1.82) is 0 Å². The molecule has 13 aromatic rings. The molecule has 13 rings (SSSR count). The molecule has 0 bridgehead atoms. The molecule has 0 saturated heterocycles. The molecular weight excluding hydrogens is 773 g/mol. The minimum atomic E-state index is 0.526. The second-order valence-electron chi connectivity index (χ2n) is 15.9. The van der Waals surface area contributed by atoms with Crippen LogP contribution in [0, 0.1) is 0 Å². The van der Waals surface area contributed by atoms with Crippen LogP contribution in [-0.4, -0.2) is 19.5 Å². The van der Waals surface area contributed by atoms with Gasteiger partial charge in [0.25, 0.3) is 0 Å². The molecule has 0 atom stereocenters. The van der Waals surface area contributed by atoms with Gasteiger partial charge in [0.05, 0.1) is 16.6 Å². The third-order valence-electron chi connectivity index (χ3n) is 12.3. The molecule has 0 N–H and O–H groups in total. The first-order valence-corrected chi connectivity index (χ1v) is 21.1. The lowest BCUT2D eigenvalue weighted by Gasteiger charge is -2.12. The Balaban J connectivity index is 1.01. The first-order chi connectivity index (χ1) is 31.2. The van der Waals surface area contributed by atoms with Gasteiger partial charge in [-0.05, 0) is 70.8 Å². The second kappa shape index (κ2) is 14.0. The molecule has 63 heavy (non-hydrogen) atoms. The van der Waals surface area contributed by atoms with E-state index >= 15 is 0 Å². The maximum atomic E-state index is 6.57. The summed E-state index contributed by atoms with van der Waals surface area (Å²) in [7, 11) is 0. The summed E-state index contributed by atoms with van der Waals surface area (Å²) in [6.45, 7) is 0. The molecule has 0 aliphatic carbocycles. The van der Waals surface area contributed by atoms with Crippen molar-refractivity contribution < 1.29 is 8.83 Å². The van der Waals surface area contributed by atoms with Crippen LogP contribution in [-0.2, 0) is 0 Å². The summed E-state index contributed by atoms with van der Waals surface area (Å²) in [4.78, 5) is 16.0. The molecule has 0 fully saturated rings. The average molecular weight is 807 g/mol. The topological polar surface area (TPSA) is 69.9 Å².